The molecule has 0 amide bonds. The Labute approximate surface area is 156 Å². The fourth-order valence-electron chi connectivity index (χ4n) is 9.25. The van der Waals surface area contributed by atoms with E-state index in [1.54, 1.807) is 38.5 Å². The Hall–Kier alpha value is -0.0400. The molecule has 0 aromatic heterocycles. The van der Waals surface area contributed by atoms with E-state index in [9.17, 15) is 0 Å². The van der Waals surface area contributed by atoms with Crippen LogP contribution in [0.5, 0.6) is 0 Å². The molecule has 1 heterocycles. The van der Waals surface area contributed by atoms with Gasteiger partial charge in [-0.2, -0.15) is 0 Å². The van der Waals surface area contributed by atoms with Gasteiger partial charge in [0.25, 0.3) is 0 Å². The molecule has 0 N–H and O–H groups in total. The van der Waals surface area contributed by atoms with Gasteiger partial charge in [0, 0.05) is 6.04 Å². The van der Waals surface area contributed by atoms with Crippen molar-refractivity contribution in [3.63, 3.8) is 0 Å². The summed E-state index contributed by atoms with van der Waals surface area (Å²) in [7, 11) is 2.45. The predicted octanol–water partition coefficient (Wildman–Crippen LogP) is 5.99. The number of likely N-dealkylation sites (tertiary alicyclic amines) is 1. The molecule has 0 aromatic carbocycles. The third-order valence-corrected chi connectivity index (χ3v) is 10.1. The Morgan fingerprint density at radius 2 is 1.32 bits per heavy atom. The van der Waals surface area contributed by atoms with Crippen LogP contribution in [0.2, 0.25) is 0 Å². The Kier molecular flexibility index (Phi) is 4.27. The van der Waals surface area contributed by atoms with Crippen LogP contribution in [0.1, 0.15) is 84.5 Å². The summed E-state index contributed by atoms with van der Waals surface area (Å²) in [6.07, 6.45) is 17.0. The lowest BCUT2D eigenvalue weighted by Gasteiger charge is -2.59. The molecule has 4 aliphatic carbocycles. The molecule has 8 atom stereocenters. The molecule has 5 fully saturated rings. The van der Waals surface area contributed by atoms with Crippen molar-refractivity contribution in [1.29, 1.82) is 0 Å². The van der Waals surface area contributed by atoms with Gasteiger partial charge >= 0.3 is 0 Å². The van der Waals surface area contributed by atoms with Gasteiger partial charge in [-0.1, -0.05) is 39.5 Å². The van der Waals surface area contributed by atoms with E-state index in [2.05, 4.69) is 25.8 Å². The molecule has 1 nitrogen and oxygen atoms in total. The fourth-order valence-corrected chi connectivity index (χ4v) is 9.25. The third kappa shape index (κ3) is 2.43. The molecule has 25 heavy (non-hydrogen) atoms. The molecule has 0 aromatic rings. The molecule has 142 valence electrons. The number of piperidine rings is 1. The molecular formula is C24H41N. The summed E-state index contributed by atoms with van der Waals surface area (Å²) in [4.78, 5) is 2.79. The molecule has 0 radical (unpaired) electrons. The minimum Gasteiger partial charge on any atom is -0.303 e. The van der Waals surface area contributed by atoms with Gasteiger partial charge in [0.2, 0.25) is 0 Å². The van der Waals surface area contributed by atoms with E-state index in [-0.39, 0.29) is 0 Å². The van der Waals surface area contributed by atoms with Crippen LogP contribution in [0.4, 0.5) is 0 Å². The number of hydrogen-bond donors (Lipinski definition) is 0. The van der Waals surface area contributed by atoms with Crippen LogP contribution in [0.3, 0.4) is 0 Å². The average molecular weight is 344 g/mol. The first-order chi connectivity index (χ1) is 12.1. The summed E-state index contributed by atoms with van der Waals surface area (Å²) < 4.78 is 0. The predicted molar refractivity (Wildman–Crippen MR) is 105 cm³/mol. The molecule has 1 saturated heterocycles. The van der Waals surface area contributed by atoms with E-state index in [0.717, 1.165) is 52.9 Å². The van der Waals surface area contributed by atoms with Gasteiger partial charge in [-0.3, -0.25) is 0 Å². The van der Waals surface area contributed by atoms with Crippen LogP contribution in [0.25, 0.3) is 0 Å². The van der Waals surface area contributed by atoms with E-state index in [1.807, 2.05) is 0 Å². The molecule has 5 rings (SSSR count). The third-order valence-electron chi connectivity index (χ3n) is 10.1. The topological polar surface area (TPSA) is 3.24 Å². The van der Waals surface area contributed by atoms with Crippen molar-refractivity contribution in [3.8, 4) is 0 Å². The van der Waals surface area contributed by atoms with E-state index < -0.39 is 0 Å². The molecule has 1 heteroatoms. The standard InChI is InChI=1S/C24H41N/c1-16-8-10-18-19-11-9-17(2)15-22(19)24(21(18)14-16)12-13-25(3)23-7-5-4-6-20(23)24/h16-23H,4-15H2,1-3H3. The average Bonchev–Trinajstić information content (AvgIpc) is 2.88. The fraction of sp³-hybridized carbons (Fsp3) is 1.00. The second-order valence-electron chi connectivity index (χ2n) is 11.2. The van der Waals surface area contributed by atoms with Crippen molar-refractivity contribution in [2.75, 3.05) is 13.6 Å². The molecule has 1 spiro atoms. The Bertz CT molecular complexity index is 472. The van der Waals surface area contributed by atoms with E-state index in [0.29, 0.717) is 0 Å². The first-order valence-corrected chi connectivity index (χ1v) is 11.8. The minimum atomic E-state index is 0.746. The van der Waals surface area contributed by atoms with Crippen LogP contribution in [0, 0.1) is 46.8 Å². The highest BCUT2D eigenvalue weighted by atomic mass is 15.2. The summed E-state index contributed by atoms with van der Waals surface area (Å²) >= 11 is 0. The number of fused-ring (bicyclic) bond motifs is 7. The van der Waals surface area contributed by atoms with Crippen LogP contribution in [-0.2, 0) is 0 Å². The minimum absolute atomic E-state index is 0.746. The Morgan fingerprint density at radius 1 is 0.720 bits per heavy atom. The molecule has 4 saturated carbocycles. The molecule has 5 aliphatic rings. The van der Waals surface area contributed by atoms with Crippen molar-refractivity contribution in [3.05, 3.63) is 0 Å². The maximum atomic E-state index is 2.79. The maximum Gasteiger partial charge on any atom is 0.0126 e. The Morgan fingerprint density at radius 3 is 1.96 bits per heavy atom. The first kappa shape index (κ1) is 17.1. The van der Waals surface area contributed by atoms with Gasteiger partial charge < -0.3 is 4.90 Å². The highest BCUT2D eigenvalue weighted by molar-refractivity contribution is 5.15. The summed E-state index contributed by atoms with van der Waals surface area (Å²) in [6, 6.07) is 0.927. The first-order valence-electron chi connectivity index (χ1n) is 11.8. The summed E-state index contributed by atoms with van der Waals surface area (Å²) in [5, 5.41) is 0. The summed E-state index contributed by atoms with van der Waals surface area (Å²) in [5.74, 6) is 7.44. The quantitative estimate of drug-likeness (QED) is 0.522. The zero-order valence-electron chi connectivity index (χ0n) is 17.1. The second kappa shape index (κ2) is 6.25. The normalized spacial score (nSPS) is 56.3. The van der Waals surface area contributed by atoms with Crippen molar-refractivity contribution in [1.82, 2.24) is 4.90 Å². The van der Waals surface area contributed by atoms with Gasteiger partial charge in [0.05, 0.1) is 0 Å². The van der Waals surface area contributed by atoms with Crippen molar-refractivity contribution in [2.24, 2.45) is 46.8 Å². The van der Waals surface area contributed by atoms with Crippen molar-refractivity contribution >= 4 is 0 Å². The van der Waals surface area contributed by atoms with Gasteiger partial charge in [0.1, 0.15) is 0 Å². The van der Waals surface area contributed by atoms with Gasteiger partial charge in [0.15, 0.2) is 0 Å². The SMILES string of the molecule is CC1CCC2C3CCC(C)CC3C3(CCN(C)C4CCCCC43)C2C1. The van der Waals surface area contributed by atoms with E-state index in [1.165, 1.54) is 38.6 Å². The summed E-state index contributed by atoms with van der Waals surface area (Å²) in [6.45, 7) is 6.54. The van der Waals surface area contributed by atoms with Gasteiger partial charge in [-0.15, -0.1) is 0 Å². The van der Waals surface area contributed by atoms with E-state index >= 15 is 0 Å². The second-order valence-corrected chi connectivity index (χ2v) is 11.2. The zero-order chi connectivity index (χ0) is 17.2. The molecule has 0 bridgehead atoms. The van der Waals surface area contributed by atoms with Crippen molar-refractivity contribution in [2.45, 2.75) is 90.5 Å². The van der Waals surface area contributed by atoms with Gasteiger partial charge in [-0.05, 0) is 105 Å². The van der Waals surface area contributed by atoms with Crippen LogP contribution in [0.15, 0.2) is 0 Å². The molecule has 1 aliphatic heterocycles. The largest absolute Gasteiger partial charge is 0.303 e. The Balaban J connectivity index is 1.58. The highest BCUT2D eigenvalue weighted by Gasteiger charge is 2.65. The number of nitrogens with zero attached hydrogens (tertiary/aromatic N) is 1. The highest BCUT2D eigenvalue weighted by Crippen LogP contribution is 2.70. The van der Waals surface area contributed by atoms with Crippen molar-refractivity contribution < 1.29 is 0 Å². The zero-order valence-corrected chi connectivity index (χ0v) is 17.1. The summed E-state index contributed by atoms with van der Waals surface area (Å²) in [5.41, 5.74) is 0.746. The smallest absolute Gasteiger partial charge is 0.0126 e. The lowest BCUT2D eigenvalue weighted by Crippen LogP contribution is -2.58. The maximum absolute atomic E-state index is 2.79. The van der Waals surface area contributed by atoms with Crippen LogP contribution < -0.4 is 0 Å². The van der Waals surface area contributed by atoms with E-state index in [4.69, 9.17) is 0 Å². The lowest BCUT2D eigenvalue weighted by molar-refractivity contribution is -0.101. The lowest BCUT2D eigenvalue weighted by atomic mass is 9.51. The van der Waals surface area contributed by atoms with Crippen LogP contribution >= 0.6 is 0 Å². The number of rotatable bonds is 0. The molecule has 8 unspecified atom stereocenters. The van der Waals surface area contributed by atoms with Crippen LogP contribution in [-0.4, -0.2) is 24.5 Å². The molecular weight excluding hydrogens is 302 g/mol. The van der Waals surface area contributed by atoms with Gasteiger partial charge in [-0.25, -0.2) is 0 Å². The number of hydrogen-bond acceptors (Lipinski definition) is 1. The monoisotopic (exact) mass is 343 g/mol.